The van der Waals surface area contributed by atoms with Gasteiger partial charge in [-0.25, -0.2) is 4.68 Å². The molecule has 0 saturated carbocycles. The van der Waals surface area contributed by atoms with Crippen LogP contribution in [0.25, 0.3) is 16.8 Å². The first-order valence-corrected chi connectivity index (χ1v) is 9.17. The Morgan fingerprint density at radius 3 is 2.34 bits per heavy atom. The summed E-state index contributed by atoms with van der Waals surface area (Å²) >= 11 is 0. The Morgan fingerprint density at radius 2 is 1.66 bits per heavy atom. The van der Waals surface area contributed by atoms with Crippen molar-refractivity contribution in [2.75, 3.05) is 0 Å². The van der Waals surface area contributed by atoms with Gasteiger partial charge in [0.15, 0.2) is 0 Å². The highest BCUT2D eigenvalue weighted by atomic mass is 16.6. The third-order valence-corrected chi connectivity index (χ3v) is 4.57. The first-order chi connectivity index (χ1) is 14.0. The highest BCUT2D eigenvalue weighted by Gasteiger charge is 2.14. The molecule has 4 aromatic rings. The van der Waals surface area contributed by atoms with Crippen molar-refractivity contribution >= 4 is 5.69 Å². The van der Waals surface area contributed by atoms with Gasteiger partial charge >= 0.3 is 0 Å². The molecule has 0 aliphatic carbocycles. The first kappa shape index (κ1) is 18.4. The van der Waals surface area contributed by atoms with Crippen molar-refractivity contribution in [3.63, 3.8) is 0 Å². The van der Waals surface area contributed by atoms with Gasteiger partial charge in [0.1, 0.15) is 11.5 Å². The second-order valence-electron chi connectivity index (χ2n) is 6.74. The summed E-state index contributed by atoms with van der Waals surface area (Å²) in [6, 6.07) is 23.7. The summed E-state index contributed by atoms with van der Waals surface area (Å²) in [5.41, 5.74) is 4.35. The average molecular weight is 385 g/mol. The van der Waals surface area contributed by atoms with E-state index in [0.717, 1.165) is 22.6 Å². The van der Waals surface area contributed by atoms with E-state index >= 15 is 0 Å². The fourth-order valence-electron chi connectivity index (χ4n) is 3.28. The van der Waals surface area contributed by atoms with Crippen LogP contribution in [0.2, 0.25) is 0 Å². The zero-order chi connectivity index (χ0) is 20.4. The zero-order valence-corrected chi connectivity index (χ0v) is 16.1. The van der Waals surface area contributed by atoms with Crippen molar-refractivity contribution in [1.82, 2.24) is 9.78 Å². The van der Waals surface area contributed by atoms with Crippen LogP contribution < -0.4 is 4.74 Å². The number of nitrogens with zero attached hydrogens (tertiary/aromatic N) is 3. The van der Waals surface area contributed by atoms with Gasteiger partial charge in [-0.2, -0.15) is 5.10 Å². The number of nitro benzene ring substituents is 1. The summed E-state index contributed by atoms with van der Waals surface area (Å²) in [6.07, 6.45) is 0. The normalized spacial score (nSPS) is 10.7. The molecule has 29 heavy (non-hydrogen) atoms. The molecule has 0 N–H and O–H groups in total. The number of nitro groups is 1. The maximum absolute atomic E-state index is 11.3. The van der Waals surface area contributed by atoms with Crippen LogP contribution in [0.15, 0.2) is 78.9 Å². The minimum atomic E-state index is -0.371. The van der Waals surface area contributed by atoms with Crippen LogP contribution in [-0.2, 0) is 0 Å². The van der Waals surface area contributed by atoms with Crippen LogP contribution in [0.4, 0.5) is 5.69 Å². The van der Waals surface area contributed by atoms with E-state index in [0.29, 0.717) is 17.1 Å². The maximum Gasteiger partial charge on any atom is 0.277 e. The fourth-order valence-corrected chi connectivity index (χ4v) is 3.28. The lowest BCUT2D eigenvalue weighted by Crippen LogP contribution is -1.99. The molecular weight excluding hydrogens is 366 g/mol. The summed E-state index contributed by atoms with van der Waals surface area (Å²) in [5.74, 6) is 1.34. The Bertz CT molecular complexity index is 1180. The molecule has 1 aromatic heterocycles. The van der Waals surface area contributed by atoms with E-state index in [1.807, 2.05) is 73.1 Å². The van der Waals surface area contributed by atoms with Gasteiger partial charge in [-0.3, -0.25) is 10.1 Å². The van der Waals surface area contributed by atoms with Crippen molar-refractivity contribution in [3.8, 4) is 28.3 Å². The van der Waals surface area contributed by atoms with Crippen LogP contribution in [0.3, 0.4) is 0 Å². The predicted molar refractivity (Wildman–Crippen MR) is 112 cm³/mol. The summed E-state index contributed by atoms with van der Waals surface area (Å²) in [5, 5.41) is 15.8. The molecule has 0 saturated heterocycles. The number of aromatic nitrogens is 2. The molecule has 6 nitrogen and oxygen atoms in total. The molecule has 3 aromatic carbocycles. The van der Waals surface area contributed by atoms with E-state index in [-0.39, 0.29) is 10.6 Å². The smallest absolute Gasteiger partial charge is 0.277 e. The van der Waals surface area contributed by atoms with Gasteiger partial charge in [0.2, 0.25) is 0 Å². The molecular formula is C23H19N3O3. The third kappa shape index (κ3) is 3.87. The molecule has 0 aliphatic rings. The minimum absolute atomic E-state index is 0.0822. The Labute approximate surface area is 168 Å². The van der Waals surface area contributed by atoms with E-state index in [4.69, 9.17) is 4.74 Å². The molecule has 0 fully saturated rings. The molecule has 0 amide bonds. The van der Waals surface area contributed by atoms with Crippen LogP contribution in [-0.4, -0.2) is 14.7 Å². The lowest BCUT2D eigenvalue weighted by atomic mass is 10.0. The van der Waals surface area contributed by atoms with Gasteiger partial charge < -0.3 is 4.74 Å². The zero-order valence-electron chi connectivity index (χ0n) is 16.1. The summed E-state index contributed by atoms with van der Waals surface area (Å²) < 4.78 is 7.86. The topological polar surface area (TPSA) is 70.2 Å². The van der Waals surface area contributed by atoms with Crippen molar-refractivity contribution in [1.29, 1.82) is 0 Å². The molecule has 144 valence electrons. The fraction of sp³-hybridized carbons (Fsp3) is 0.0870. The highest BCUT2D eigenvalue weighted by molar-refractivity contribution is 5.73. The van der Waals surface area contributed by atoms with Crippen LogP contribution in [0, 0.1) is 24.0 Å². The Hall–Kier alpha value is -3.93. The SMILES string of the molecule is Cc1cc(C)n(-c2cccc(Oc3ccc(-c4ccccc4[N+](=O)[O-])cc3)c2)n1. The number of benzene rings is 3. The molecule has 0 bridgehead atoms. The number of aryl methyl sites for hydroxylation is 2. The largest absolute Gasteiger partial charge is 0.457 e. The monoisotopic (exact) mass is 385 g/mol. The van der Waals surface area contributed by atoms with Crippen LogP contribution >= 0.6 is 0 Å². The number of rotatable bonds is 5. The van der Waals surface area contributed by atoms with Crippen molar-refractivity contribution in [2.45, 2.75) is 13.8 Å². The van der Waals surface area contributed by atoms with Gasteiger partial charge in [0.25, 0.3) is 5.69 Å². The number of hydrogen-bond acceptors (Lipinski definition) is 4. The molecule has 0 atom stereocenters. The standard InChI is InChI=1S/C23H19N3O3/c1-16-14-17(2)25(24-16)19-6-5-7-21(15-19)29-20-12-10-18(11-13-20)22-8-3-4-9-23(22)26(27)28/h3-15H,1-2H3. The number of hydrogen-bond donors (Lipinski definition) is 0. The van der Waals surface area contributed by atoms with Crippen LogP contribution in [0.5, 0.6) is 11.5 Å². The second-order valence-corrected chi connectivity index (χ2v) is 6.74. The molecule has 4 rings (SSSR count). The number of ether oxygens (including phenoxy) is 1. The summed E-state index contributed by atoms with van der Waals surface area (Å²) in [4.78, 5) is 10.9. The molecule has 0 spiro atoms. The van der Waals surface area contributed by atoms with E-state index in [1.54, 1.807) is 18.2 Å². The molecule has 1 heterocycles. The van der Waals surface area contributed by atoms with Crippen molar-refractivity contribution < 1.29 is 9.66 Å². The van der Waals surface area contributed by atoms with E-state index < -0.39 is 0 Å². The van der Waals surface area contributed by atoms with Gasteiger partial charge in [-0.1, -0.05) is 30.3 Å². The van der Waals surface area contributed by atoms with Gasteiger partial charge in [-0.05, 0) is 55.8 Å². The average Bonchev–Trinajstić information content (AvgIpc) is 3.07. The predicted octanol–water partition coefficient (Wildman–Crippen LogP) is 5.86. The number of para-hydroxylation sites is 1. The first-order valence-electron chi connectivity index (χ1n) is 9.17. The lowest BCUT2D eigenvalue weighted by Gasteiger charge is -2.10. The molecule has 0 radical (unpaired) electrons. The Balaban J connectivity index is 1.58. The Kier molecular flexibility index (Phi) is 4.83. The maximum atomic E-state index is 11.3. The third-order valence-electron chi connectivity index (χ3n) is 4.57. The van der Waals surface area contributed by atoms with E-state index in [2.05, 4.69) is 5.10 Å². The highest BCUT2D eigenvalue weighted by Crippen LogP contribution is 2.32. The second kappa shape index (κ2) is 7.59. The molecule has 0 unspecified atom stereocenters. The lowest BCUT2D eigenvalue weighted by molar-refractivity contribution is -0.384. The summed E-state index contributed by atoms with van der Waals surface area (Å²) in [7, 11) is 0. The van der Waals surface area contributed by atoms with E-state index in [1.165, 1.54) is 6.07 Å². The van der Waals surface area contributed by atoms with Crippen molar-refractivity contribution in [2.24, 2.45) is 0 Å². The molecule has 6 heteroatoms. The molecule has 0 aliphatic heterocycles. The van der Waals surface area contributed by atoms with Gasteiger partial charge in [0.05, 0.1) is 21.9 Å². The van der Waals surface area contributed by atoms with Gasteiger partial charge in [0, 0.05) is 17.8 Å². The van der Waals surface area contributed by atoms with Crippen LogP contribution in [0.1, 0.15) is 11.4 Å². The Morgan fingerprint density at radius 1 is 0.897 bits per heavy atom. The van der Waals surface area contributed by atoms with Gasteiger partial charge in [-0.15, -0.1) is 0 Å². The quantitative estimate of drug-likeness (QED) is 0.319. The summed E-state index contributed by atoms with van der Waals surface area (Å²) in [6.45, 7) is 3.97. The van der Waals surface area contributed by atoms with E-state index in [9.17, 15) is 10.1 Å². The van der Waals surface area contributed by atoms with Crippen molar-refractivity contribution in [3.05, 3.63) is 100 Å². The minimum Gasteiger partial charge on any atom is -0.457 e.